The molecule has 0 saturated carbocycles. The Balaban J connectivity index is 1.78. The van der Waals surface area contributed by atoms with Crippen LogP contribution in [0.1, 0.15) is 20.9 Å². The van der Waals surface area contributed by atoms with Crippen molar-refractivity contribution in [2.24, 2.45) is 0 Å². The number of carbonyl (C=O) groups excluding carboxylic acids is 1. The van der Waals surface area contributed by atoms with E-state index in [0.717, 1.165) is 16.5 Å². The molecule has 2 heterocycles. The van der Waals surface area contributed by atoms with Gasteiger partial charge < -0.3 is 9.67 Å². The van der Waals surface area contributed by atoms with Crippen LogP contribution in [0.25, 0.3) is 16.7 Å². The Morgan fingerprint density at radius 3 is 2.78 bits per heavy atom. The third-order valence-electron chi connectivity index (χ3n) is 4.23. The quantitative estimate of drug-likeness (QED) is 0.273. The van der Waals surface area contributed by atoms with Gasteiger partial charge in [0, 0.05) is 51.9 Å². The number of rotatable bonds is 5. The molecule has 0 unspecified atom stereocenters. The van der Waals surface area contributed by atoms with Crippen LogP contribution in [0, 0.1) is 0 Å². The van der Waals surface area contributed by atoms with Crippen LogP contribution in [0.3, 0.4) is 0 Å². The average molecular weight is 395 g/mol. The molecule has 27 heavy (non-hydrogen) atoms. The van der Waals surface area contributed by atoms with E-state index in [1.54, 1.807) is 17.6 Å². The number of benzene rings is 2. The fourth-order valence-electron chi connectivity index (χ4n) is 2.99. The molecule has 1 N–H and O–H groups in total. The van der Waals surface area contributed by atoms with Gasteiger partial charge in [0.15, 0.2) is 5.01 Å². The standard InChI is InChI=1S/C21H15ClN2O2S/c22-15-6-7-18-16(10-15)17(13-24(18)12-14-4-2-1-3-5-14)19(25)11-20(26)21-23-8-9-27-21/h1-11,13,25H,12H2. The van der Waals surface area contributed by atoms with E-state index in [0.29, 0.717) is 22.1 Å². The Morgan fingerprint density at radius 1 is 1.22 bits per heavy atom. The van der Waals surface area contributed by atoms with Gasteiger partial charge in [0.1, 0.15) is 5.76 Å². The van der Waals surface area contributed by atoms with Crippen molar-refractivity contribution < 1.29 is 9.90 Å². The molecule has 2 aromatic heterocycles. The van der Waals surface area contributed by atoms with Crippen molar-refractivity contribution in [3.05, 3.63) is 93.5 Å². The van der Waals surface area contributed by atoms with E-state index in [2.05, 4.69) is 4.98 Å². The van der Waals surface area contributed by atoms with Gasteiger partial charge >= 0.3 is 0 Å². The smallest absolute Gasteiger partial charge is 0.218 e. The van der Waals surface area contributed by atoms with Crippen LogP contribution in [0.15, 0.2) is 72.4 Å². The van der Waals surface area contributed by atoms with Crippen LogP contribution in [0.2, 0.25) is 5.02 Å². The molecule has 0 aliphatic rings. The second kappa shape index (κ2) is 7.39. The van der Waals surface area contributed by atoms with Gasteiger partial charge in [-0.25, -0.2) is 4.98 Å². The lowest BCUT2D eigenvalue weighted by Crippen LogP contribution is -1.97. The number of aliphatic hydroxyl groups excluding tert-OH is 1. The fourth-order valence-corrected chi connectivity index (χ4v) is 3.71. The summed E-state index contributed by atoms with van der Waals surface area (Å²) in [4.78, 5) is 16.3. The van der Waals surface area contributed by atoms with Gasteiger partial charge in [0.2, 0.25) is 5.78 Å². The number of ketones is 1. The summed E-state index contributed by atoms with van der Waals surface area (Å²) in [5.41, 5.74) is 2.63. The molecule has 6 heteroatoms. The molecular weight excluding hydrogens is 380 g/mol. The first kappa shape index (κ1) is 17.5. The molecule has 0 aliphatic heterocycles. The molecule has 0 spiro atoms. The Morgan fingerprint density at radius 2 is 2.04 bits per heavy atom. The van der Waals surface area contributed by atoms with Crippen LogP contribution in [-0.4, -0.2) is 20.4 Å². The molecule has 0 fully saturated rings. The Labute approximate surface area is 165 Å². The zero-order valence-electron chi connectivity index (χ0n) is 14.2. The second-order valence-electron chi connectivity index (χ2n) is 6.05. The van der Waals surface area contributed by atoms with Crippen LogP contribution in [-0.2, 0) is 6.54 Å². The number of carbonyl (C=O) groups is 1. The highest BCUT2D eigenvalue weighted by Gasteiger charge is 2.15. The Bertz CT molecular complexity index is 1130. The van der Waals surface area contributed by atoms with E-state index in [9.17, 15) is 9.90 Å². The van der Waals surface area contributed by atoms with Crippen molar-refractivity contribution >= 4 is 45.4 Å². The minimum absolute atomic E-state index is 0.103. The minimum Gasteiger partial charge on any atom is -0.507 e. The van der Waals surface area contributed by atoms with Crippen LogP contribution < -0.4 is 0 Å². The monoisotopic (exact) mass is 394 g/mol. The number of thiazole rings is 1. The van der Waals surface area contributed by atoms with E-state index in [-0.39, 0.29) is 11.5 Å². The number of halogens is 1. The number of hydrogen-bond acceptors (Lipinski definition) is 4. The molecule has 0 atom stereocenters. The van der Waals surface area contributed by atoms with Gasteiger partial charge in [-0.3, -0.25) is 4.79 Å². The lowest BCUT2D eigenvalue weighted by Gasteiger charge is -2.05. The molecule has 0 amide bonds. The molecule has 0 bridgehead atoms. The number of fused-ring (bicyclic) bond motifs is 1. The van der Waals surface area contributed by atoms with Gasteiger partial charge in [-0.2, -0.15) is 0 Å². The van der Waals surface area contributed by atoms with Gasteiger partial charge in [0.25, 0.3) is 0 Å². The Kier molecular flexibility index (Phi) is 4.79. The molecule has 4 aromatic rings. The summed E-state index contributed by atoms with van der Waals surface area (Å²) in [6.45, 7) is 0.646. The molecular formula is C21H15ClN2O2S. The molecule has 0 saturated heterocycles. The van der Waals surface area contributed by atoms with Gasteiger partial charge in [0.05, 0.1) is 0 Å². The van der Waals surface area contributed by atoms with Crippen molar-refractivity contribution in [3.63, 3.8) is 0 Å². The number of aromatic nitrogens is 2. The first-order valence-electron chi connectivity index (χ1n) is 8.29. The highest BCUT2D eigenvalue weighted by Crippen LogP contribution is 2.29. The maximum atomic E-state index is 12.3. The van der Waals surface area contributed by atoms with E-state index >= 15 is 0 Å². The predicted molar refractivity (Wildman–Crippen MR) is 110 cm³/mol. The molecule has 4 rings (SSSR count). The zero-order chi connectivity index (χ0) is 18.8. The van der Waals surface area contributed by atoms with Crippen molar-refractivity contribution in [1.82, 2.24) is 9.55 Å². The van der Waals surface area contributed by atoms with E-state index in [1.807, 2.05) is 53.2 Å². The fraction of sp³-hybridized carbons (Fsp3) is 0.0476. The molecule has 134 valence electrons. The van der Waals surface area contributed by atoms with Crippen molar-refractivity contribution in [2.75, 3.05) is 0 Å². The second-order valence-corrected chi connectivity index (χ2v) is 7.38. The van der Waals surface area contributed by atoms with Crippen molar-refractivity contribution in [2.45, 2.75) is 6.54 Å². The first-order valence-corrected chi connectivity index (χ1v) is 9.55. The van der Waals surface area contributed by atoms with Gasteiger partial charge in [-0.1, -0.05) is 41.9 Å². The molecule has 4 nitrogen and oxygen atoms in total. The number of allylic oxidation sites excluding steroid dienone is 1. The largest absolute Gasteiger partial charge is 0.507 e. The summed E-state index contributed by atoms with van der Waals surface area (Å²) in [6.07, 6.45) is 4.62. The summed E-state index contributed by atoms with van der Waals surface area (Å²) in [5, 5.41) is 14.0. The highest BCUT2D eigenvalue weighted by molar-refractivity contribution is 7.11. The normalized spacial score (nSPS) is 11.8. The van der Waals surface area contributed by atoms with Crippen LogP contribution in [0.5, 0.6) is 0 Å². The number of hydrogen-bond donors (Lipinski definition) is 1. The summed E-state index contributed by atoms with van der Waals surface area (Å²) >= 11 is 7.40. The molecule has 0 radical (unpaired) electrons. The lowest BCUT2D eigenvalue weighted by molar-refractivity contribution is 0.104. The maximum Gasteiger partial charge on any atom is 0.218 e. The molecule has 2 aromatic carbocycles. The average Bonchev–Trinajstić information content (AvgIpc) is 3.31. The summed E-state index contributed by atoms with van der Waals surface area (Å²) in [5.74, 6) is -0.428. The number of aliphatic hydroxyl groups is 1. The highest BCUT2D eigenvalue weighted by atomic mass is 35.5. The van der Waals surface area contributed by atoms with E-state index in [1.165, 1.54) is 17.4 Å². The Hall–Kier alpha value is -2.89. The first-order chi connectivity index (χ1) is 13.1. The van der Waals surface area contributed by atoms with Crippen molar-refractivity contribution in [3.8, 4) is 0 Å². The minimum atomic E-state index is -0.325. The topological polar surface area (TPSA) is 55.1 Å². The molecule has 0 aliphatic carbocycles. The third kappa shape index (κ3) is 3.65. The summed E-state index contributed by atoms with van der Waals surface area (Å²) in [6, 6.07) is 15.6. The zero-order valence-corrected chi connectivity index (χ0v) is 15.7. The van der Waals surface area contributed by atoms with Crippen molar-refractivity contribution in [1.29, 1.82) is 0 Å². The van der Waals surface area contributed by atoms with E-state index < -0.39 is 0 Å². The predicted octanol–water partition coefficient (Wildman–Crippen LogP) is 5.58. The summed E-state index contributed by atoms with van der Waals surface area (Å²) < 4.78 is 2.04. The van der Waals surface area contributed by atoms with Gasteiger partial charge in [-0.15, -0.1) is 11.3 Å². The van der Waals surface area contributed by atoms with Gasteiger partial charge in [-0.05, 0) is 23.8 Å². The van der Waals surface area contributed by atoms with Crippen LogP contribution in [0.4, 0.5) is 0 Å². The maximum absolute atomic E-state index is 12.3. The SMILES string of the molecule is O=C(C=C(O)c1cn(Cc2ccccc2)c2ccc(Cl)cc12)c1nccs1. The van der Waals surface area contributed by atoms with E-state index in [4.69, 9.17) is 11.6 Å². The third-order valence-corrected chi connectivity index (χ3v) is 5.25. The summed E-state index contributed by atoms with van der Waals surface area (Å²) in [7, 11) is 0. The number of nitrogens with zero attached hydrogens (tertiary/aromatic N) is 2. The lowest BCUT2D eigenvalue weighted by atomic mass is 10.1. The van der Waals surface area contributed by atoms with Crippen LogP contribution >= 0.6 is 22.9 Å².